The van der Waals surface area contributed by atoms with Gasteiger partial charge in [0.1, 0.15) is 0 Å². The number of thioether (sulfide) groups is 1. The zero-order valence-electron chi connectivity index (χ0n) is 11.7. The summed E-state index contributed by atoms with van der Waals surface area (Å²) in [6.45, 7) is 1.85. The first-order chi connectivity index (χ1) is 9.76. The van der Waals surface area contributed by atoms with Gasteiger partial charge in [0.2, 0.25) is 0 Å². The van der Waals surface area contributed by atoms with Gasteiger partial charge >= 0.3 is 0 Å². The van der Waals surface area contributed by atoms with Gasteiger partial charge in [-0.25, -0.2) is 0 Å². The van der Waals surface area contributed by atoms with E-state index < -0.39 is 0 Å². The molecule has 1 aromatic carbocycles. The summed E-state index contributed by atoms with van der Waals surface area (Å²) >= 11 is 7.80. The van der Waals surface area contributed by atoms with E-state index in [0.29, 0.717) is 5.41 Å². The van der Waals surface area contributed by atoms with Crippen molar-refractivity contribution in [3.63, 3.8) is 0 Å². The van der Waals surface area contributed by atoms with Crippen LogP contribution in [0.5, 0.6) is 0 Å². The van der Waals surface area contributed by atoms with Crippen LogP contribution in [-0.2, 0) is 6.54 Å². The van der Waals surface area contributed by atoms with E-state index in [1.807, 2.05) is 23.9 Å². The number of nitrogens with one attached hydrogen (secondary N) is 1. The molecule has 0 bridgehead atoms. The largest absolute Gasteiger partial charge is 0.361 e. The lowest BCUT2D eigenvalue weighted by Gasteiger charge is -2.38. The molecule has 108 valence electrons. The van der Waals surface area contributed by atoms with Gasteiger partial charge in [0, 0.05) is 23.9 Å². The van der Waals surface area contributed by atoms with Gasteiger partial charge in [-0.3, -0.25) is 4.99 Å². The first-order valence-electron chi connectivity index (χ1n) is 7.41. The van der Waals surface area contributed by atoms with Crippen LogP contribution in [0, 0.1) is 5.41 Å². The maximum absolute atomic E-state index is 5.89. The molecule has 1 N–H and O–H groups in total. The number of benzene rings is 1. The number of aliphatic imine (C=N–C) groups is 1. The second-order valence-electron chi connectivity index (χ2n) is 5.95. The van der Waals surface area contributed by atoms with Gasteiger partial charge in [-0.2, -0.15) is 0 Å². The molecule has 1 heterocycles. The van der Waals surface area contributed by atoms with Crippen LogP contribution >= 0.6 is 23.4 Å². The molecule has 0 saturated heterocycles. The second-order valence-corrected chi connectivity index (χ2v) is 7.35. The molecule has 1 aliphatic heterocycles. The summed E-state index contributed by atoms with van der Waals surface area (Å²) in [5.41, 5.74) is 1.75. The normalized spacial score (nSPS) is 21.6. The topological polar surface area (TPSA) is 24.4 Å². The van der Waals surface area contributed by atoms with Crippen molar-refractivity contribution in [1.29, 1.82) is 0 Å². The van der Waals surface area contributed by atoms with Gasteiger partial charge in [-0.15, -0.1) is 0 Å². The molecule has 1 spiro atoms. The lowest BCUT2D eigenvalue weighted by Crippen LogP contribution is -2.36. The minimum atomic E-state index is 0.508. The van der Waals surface area contributed by atoms with E-state index in [9.17, 15) is 0 Å². The maximum atomic E-state index is 5.89. The third-order valence-corrected chi connectivity index (χ3v) is 5.90. The molecule has 0 radical (unpaired) electrons. The Kier molecular flexibility index (Phi) is 4.57. The molecule has 20 heavy (non-hydrogen) atoms. The minimum absolute atomic E-state index is 0.508. The van der Waals surface area contributed by atoms with E-state index in [0.717, 1.165) is 23.3 Å². The van der Waals surface area contributed by atoms with Gasteiger partial charge in [-0.1, -0.05) is 54.8 Å². The highest BCUT2D eigenvalue weighted by Gasteiger charge is 2.34. The van der Waals surface area contributed by atoms with Crippen LogP contribution in [0.15, 0.2) is 29.3 Å². The van der Waals surface area contributed by atoms with Gasteiger partial charge < -0.3 is 5.32 Å². The highest BCUT2D eigenvalue weighted by molar-refractivity contribution is 8.13. The molecule has 0 aromatic heterocycles. The summed E-state index contributed by atoms with van der Waals surface area (Å²) in [6, 6.07) is 7.99. The summed E-state index contributed by atoms with van der Waals surface area (Å²) in [5.74, 6) is 1.24. The number of rotatable bonds is 2. The smallest absolute Gasteiger partial charge is 0.156 e. The molecule has 4 heteroatoms. The van der Waals surface area contributed by atoms with Crippen LogP contribution in [0.25, 0.3) is 0 Å². The monoisotopic (exact) mass is 308 g/mol. The Balaban J connectivity index is 1.53. The average Bonchev–Trinajstić information content (AvgIpc) is 2.49. The van der Waals surface area contributed by atoms with Crippen LogP contribution in [0.4, 0.5) is 0 Å². The summed E-state index contributed by atoms with van der Waals surface area (Å²) in [5, 5.41) is 5.35. The SMILES string of the molecule is Clc1ccc(CNC2=NCC3(CCCCC3)CS2)cc1. The van der Waals surface area contributed by atoms with Crippen molar-refractivity contribution in [1.82, 2.24) is 5.32 Å². The predicted octanol–water partition coefficient (Wildman–Crippen LogP) is 4.48. The highest BCUT2D eigenvalue weighted by atomic mass is 35.5. The Bertz CT molecular complexity index is 478. The molecule has 1 fully saturated rings. The van der Waals surface area contributed by atoms with Gasteiger partial charge in [0.25, 0.3) is 0 Å². The van der Waals surface area contributed by atoms with Crippen LogP contribution in [0.3, 0.4) is 0 Å². The molecule has 3 rings (SSSR count). The van der Waals surface area contributed by atoms with Crippen LogP contribution in [0.2, 0.25) is 5.02 Å². The average molecular weight is 309 g/mol. The van der Waals surface area contributed by atoms with Gasteiger partial charge in [0.05, 0.1) is 0 Å². The van der Waals surface area contributed by atoms with Crippen molar-refractivity contribution in [3.8, 4) is 0 Å². The summed E-state index contributed by atoms with van der Waals surface area (Å²) < 4.78 is 0. The Hall–Kier alpha value is -0.670. The molecule has 0 atom stereocenters. The molecule has 1 aliphatic carbocycles. The molecular weight excluding hydrogens is 288 g/mol. The predicted molar refractivity (Wildman–Crippen MR) is 88.6 cm³/mol. The molecule has 2 nitrogen and oxygen atoms in total. The van der Waals surface area contributed by atoms with Crippen molar-refractivity contribution in [2.24, 2.45) is 10.4 Å². The summed E-state index contributed by atoms with van der Waals surface area (Å²) in [4.78, 5) is 4.78. The Morgan fingerprint density at radius 1 is 1.15 bits per heavy atom. The van der Waals surface area contributed by atoms with Crippen LogP contribution in [-0.4, -0.2) is 17.5 Å². The zero-order valence-corrected chi connectivity index (χ0v) is 13.3. The Morgan fingerprint density at radius 2 is 1.90 bits per heavy atom. The van der Waals surface area contributed by atoms with Crippen molar-refractivity contribution >= 4 is 28.5 Å². The van der Waals surface area contributed by atoms with Crippen molar-refractivity contribution in [2.45, 2.75) is 38.6 Å². The van der Waals surface area contributed by atoms with E-state index in [4.69, 9.17) is 16.6 Å². The van der Waals surface area contributed by atoms with Crippen LogP contribution in [0.1, 0.15) is 37.7 Å². The fraction of sp³-hybridized carbons (Fsp3) is 0.562. The number of nitrogens with zero attached hydrogens (tertiary/aromatic N) is 1. The van der Waals surface area contributed by atoms with Crippen molar-refractivity contribution in [2.75, 3.05) is 12.3 Å². The number of hydrogen-bond acceptors (Lipinski definition) is 3. The summed E-state index contributed by atoms with van der Waals surface area (Å²) in [6.07, 6.45) is 6.94. The minimum Gasteiger partial charge on any atom is -0.361 e. The molecule has 0 amide bonds. The fourth-order valence-corrected chi connectivity index (χ4v) is 4.32. The third kappa shape index (κ3) is 3.50. The number of amidine groups is 1. The Labute approximate surface area is 130 Å². The standard InChI is InChI=1S/C16H21ClN2S/c17-14-6-4-13(5-7-14)10-18-15-19-11-16(12-20-15)8-2-1-3-9-16/h4-7H,1-3,8-12H2,(H,18,19). The van der Waals surface area contributed by atoms with E-state index in [1.165, 1.54) is 43.4 Å². The maximum Gasteiger partial charge on any atom is 0.156 e. The lowest BCUT2D eigenvalue weighted by molar-refractivity contribution is 0.232. The second kappa shape index (κ2) is 6.40. The molecule has 2 aliphatic rings. The van der Waals surface area contributed by atoms with Crippen molar-refractivity contribution < 1.29 is 0 Å². The van der Waals surface area contributed by atoms with E-state index in [-0.39, 0.29) is 0 Å². The number of hydrogen-bond donors (Lipinski definition) is 1. The molecule has 1 saturated carbocycles. The Morgan fingerprint density at radius 3 is 2.55 bits per heavy atom. The van der Waals surface area contributed by atoms with E-state index in [1.54, 1.807) is 0 Å². The lowest BCUT2D eigenvalue weighted by atomic mass is 9.75. The van der Waals surface area contributed by atoms with Gasteiger partial charge in [-0.05, 0) is 36.0 Å². The van der Waals surface area contributed by atoms with E-state index in [2.05, 4.69) is 17.4 Å². The van der Waals surface area contributed by atoms with Crippen LogP contribution < -0.4 is 5.32 Å². The molecule has 1 aromatic rings. The summed E-state index contributed by atoms with van der Waals surface area (Å²) in [7, 11) is 0. The van der Waals surface area contributed by atoms with E-state index >= 15 is 0 Å². The van der Waals surface area contributed by atoms with Gasteiger partial charge in [0.15, 0.2) is 5.17 Å². The quantitative estimate of drug-likeness (QED) is 0.871. The first-order valence-corrected chi connectivity index (χ1v) is 8.78. The zero-order chi connectivity index (χ0) is 13.8. The fourth-order valence-electron chi connectivity index (χ4n) is 3.04. The molecular formula is C16H21ClN2S. The molecule has 0 unspecified atom stereocenters. The highest BCUT2D eigenvalue weighted by Crippen LogP contribution is 2.41. The van der Waals surface area contributed by atoms with Crippen molar-refractivity contribution in [3.05, 3.63) is 34.9 Å². The first kappa shape index (κ1) is 14.3. The third-order valence-electron chi connectivity index (χ3n) is 4.34. The number of halogens is 1.